The van der Waals surface area contributed by atoms with Gasteiger partial charge in [0.15, 0.2) is 11.5 Å². The van der Waals surface area contributed by atoms with Crippen molar-refractivity contribution in [1.82, 2.24) is 5.01 Å². The van der Waals surface area contributed by atoms with Gasteiger partial charge in [-0.1, -0.05) is 36.4 Å². The number of fused-ring (bicyclic) bond motifs is 2. The molecule has 0 radical (unpaired) electrons. The second-order valence-electron chi connectivity index (χ2n) is 8.22. The van der Waals surface area contributed by atoms with Crippen LogP contribution in [0.1, 0.15) is 29.5 Å². The Bertz CT molecular complexity index is 1020. The monoisotopic (exact) mass is 402 g/mol. The fourth-order valence-electron chi connectivity index (χ4n) is 5.04. The highest BCUT2D eigenvalue weighted by molar-refractivity contribution is 6.07. The van der Waals surface area contributed by atoms with E-state index < -0.39 is 0 Å². The van der Waals surface area contributed by atoms with Gasteiger partial charge in [-0.05, 0) is 55.0 Å². The summed E-state index contributed by atoms with van der Waals surface area (Å²) >= 11 is 0. The maximum atomic E-state index is 13.4. The molecule has 3 aliphatic rings. The van der Waals surface area contributed by atoms with Gasteiger partial charge in [0.05, 0.1) is 31.9 Å². The summed E-state index contributed by atoms with van der Waals surface area (Å²) in [6.45, 7) is 0. The molecule has 5 rings (SSSR count). The molecule has 30 heavy (non-hydrogen) atoms. The Morgan fingerprint density at radius 3 is 2.23 bits per heavy atom. The topological polar surface area (TPSA) is 51.1 Å². The summed E-state index contributed by atoms with van der Waals surface area (Å²) in [5.74, 6) is 1.57. The number of carbonyl (C=O) groups is 1. The molecule has 154 valence electrons. The van der Waals surface area contributed by atoms with E-state index in [2.05, 4.69) is 36.4 Å². The van der Waals surface area contributed by atoms with Crippen molar-refractivity contribution in [3.8, 4) is 11.5 Å². The molecule has 1 aliphatic heterocycles. The maximum Gasteiger partial charge on any atom is 0.247 e. The van der Waals surface area contributed by atoms with Gasteiger partial charge in [-0.3, -0.25) is 4.79 Å². The number of amides is 1. The molecule has 2 aliphatic carbocycles. The molecule has 0 spiro atoms. The minimum atomic E-state index is -0.0562. The van der Waals surface area contributed by atoms with E-state index in [9.17, 15) is 4.79 Å². The van der Waals surface area contributed by atoms with Gasteiger partial charge in [0.25, 0.3) is 0 Å². The number of methoxy groups -OCH3 is 2. The highest BCUT2D eigenvalue weighted by atomic mass is 16.5. The Kier molecular flexibility index (Phi) is 4.81. The molecule has 5 nitrogen and oxygen atoms in total. The molecular formula is C25H26N2O3. The summed E-state index contributed by atoms with van der Waals surface area (Å²) < 4.78 is 10.9. The smallest absolute Gasteiger partial charge is 0.247 e. The minimum absolute atomic E-state index is 0.0562. The van der Waals surface area contributed by atoms with Gasteiger partial charge in [0.2, 0.25) is 5.91 Å². The highest BCUT2D eigenvalue weighted by Crippen LogP contribution is 2.39. The normalized spacial score (nSPS) is 23.1. The van der Waals surface area contributed by atoms with Gasteiger partial charge >= 0.3 is 0 Å². The number of hydrogen-bond acceptors (Lipinski definition) is 4. The van der Waals surface area contributed by atoms with Crippen LogP contribution in [0.25, 0.3) is 0 Å². The molecule has 1 amide bonds. The van der Waals surface area contributed by atoms with E-state index in [0.717, 1.165) is 37.0 Å². The van der Waals surface area contributed by atoms with Crippen LogP contribution in [-0.4, -0.2) is 36.9 Å². The number of rotatable bonds is 4. The van der Waals surface area contributed by atoms with Crippen LogP contribution in [0.3, 0.4) is 0 Å². The van der Waals surface area contributed by atoms with E-state index >= 15 is 0 Å². The molecule has 0 bridgehead atoms. The molecular weight excluding hydrogens is 376 g/mol. The third-order valence-corrected chi connectivity index (χ3v) is 6.60. The van der Waals surface area contributed by atoms with Crippen LogP contribution in [0.2, 0.25) is 0 Å². The summed E-state index contributed by atoms with van der Waals surface area (Å²) in [7, 11) is 3.28. The quantitative estimate of drug-likeness (QED) is 0.727. The zero-order valence-electron chi connectivity index (χ0n) is 17.4. The van der Waals surface area contributed by atoms with Crippen molar-refractivity contribution in [3.05, 3.63) is 71.3 Å². The van der Waals surface area contributed by atoms with E-state index in [-0.39, 0.29) is 23.8 Å². The lowest BCUT2D eigenvalue weighted by Gasteiger charge is -2.39. The van der Waals surface area contributed by atoms with Gasteiger partial charge in [-0.25, -0.2) is 5.01 Å². The Hall–Kier alpha value is -3.08. The van der Waals surface area contributed by atoms with E-state index in [1.807, 2.05) is 18.2 Å². The highest BCUT2D eigenvalue weighted by Gasteiger charge is 2.43. The SMILES string of the molecule is COc1ccc(C2=NN(C3Cc4ccccc4C3)C(=O)[C@@H]3CC=CC[C@H]23)cc1OC. The van der Waals surface area contributed by atoms with Gasteiger partial charge < -0.3 is 9.47 Å². The summed E-state index contributed by atoms with van der Waals surface area (Å²) in [6, 6.07) is 14.5. The summed E-state index contributed by atoms with van der Waals surface area (Å²) in [4.78, 5) is 13.4. The third kappa shape index (κ3) is 3.09. The number of nitrogens with zero attached hydrogens (tertiary/aromatic N) is 2. The summed E-state index contributed by atoms with van der Waals surface area (Å²) in [5, 5.41) is 6.77. The summed E-state index contributed by atoms with van der Waals surface area (Å²) in [5.41, 5.74) is 4.61. The van der Waals surface area contributed by atoms with E-state index in [0.29, 0.717) is 11.5 Å². The molecule has 0 aromatic heterocycles. The first-order valence-electron chi connectivity index (χ1n) is 10.6. The minimum Gasteiger partial charge on any atom is -0.493 e. The second kappa shape index (κ2) is 7.63. The van der Waals surface area contributed by atoms with Crippen molar-refractivity contribution in [2.75, 3.05) is 14.2 Å². The first-order chi connectivity index (χ1) is 14.7. The van der Waals surface area contributed by atoms with Gasteiger partial charge in [-0.2, -0.15) is 5.10 Å². The number of ether oxygens (including phenoxy) is 2. The second-order valence-corrected chi connectivity index (χ2v) is 8.22. The standard InChI is InChI=1S/C25H26N2O3/c1-29-22-12-11-18(15-23(22)30-2)24-20-9-5-6-10-21(20)25(28)27(26-24)19-13-16-7-3-4-8-17(16)14-19/h3-8,11-12,15,19-21H,9-10,13-14H2,1-2H3/t20-,21+/m0/s1. The molecule has 2 atom stereocenters. The van der Waals surface area contributed by atoms with Crippen LogP contribution in [0.4, 0.5) is 0 Å². The van der Waals surface area contributed by atoms with Crippen LogP contribution < -0.4 is 9.47 Å². The Labute approximate surface area is 177 Å². The molecule has 2 aromatic rings. The number of hydrazone groups is 1. The van der Waals surface area contributed by atoms with Gasteiger partial charge in [0.1, 0.15) is 0 Å². The molecule has 5 heteroatoms. The first-order valence-corrected chi connectivity index (χ1v) is 10.6. The van der Waals surface area contributed by atoms with Crippen molar-refractivity contribution in [3.63, 3.8) is 0 Å². The predicted molar refractivity (Wildman–Crippen MR) is 116 cm³/mol. The van der Waals surface area contributed by atoms with Gasteiger partial charge in [-0.15, -0.1) is 0 Å². The zero-order chi connectivity index (χ0) is 20.7. The number of hydrogen-bond donors (Lipinski definition) is 0. The third-order valence-electron chi connectivity index (χ3n) is 6.60. The Morgan fingerprint density at radius 1 is 0.900 bits per heavy atom. The maximum absolute atomic E-state index is 13.4. The average molecular weight is 402 g/mol. The largest absolute Gasteiger partial charge is 0.493 e. The fraction of sp³-hybridized carbons (Fsp3) is 0.360. The van der Waals surface area contributed by atoms with Crippen molar-refractivity contribution in [2.45, 2.75) is 31.7 Å². The van der Waals surface area contributed by atoms with Crippen molar-refractivity contribution in [1.29, 1.82) is 0 Å². The van der Waals surface area contributed by atoms with Crippen molar-refractivity contribution in [2.24, 2.45) is 16.9 Å². The molecule has 0 unspecified atom stereocenters. The molecule has 0 saturated heterocycles. The lowest BCUT2D eigenvalue weighted by atomic mass is 9.76. The van der Waals surface area contributed by atoms with Crippen molar-refractivity contribution < 1.29 is 14.3 Å². The Morgan fingerprint density at radius 2 is 1.57 bits per heavy atom. The van der Waals surface area contributed by atoms with Crippen LogP contribution in [0.15, 0.2) is 59.7 Å². The van der Waals surface area contributed by atoms with Crippen LogP contribution in [0, 0.1) is 11.8 Å². The number of allylic oxidation sites excluding steroid dienone is 2. The molecule has 0 saturated carbocycles. The lowest BCUT2D eigenvalue weighted by Crippen LogP contribution is -2.49. The molecule has 1 heterocycles. The average Bonchev–Trinajstić information content (AvgIpc) is 3.23. The molecule has 2 aromatic carbocycles. The Balaban J connectivity index is 1.55. The van der Waals surface area contributed by atoms with E-state index in [1.165, 1.54) is 11.1 Å². The van der Waals surface area contributed by atoms with Crippen LogP contribution in [0.5, 0.6) is 11.5 Å². The molecule has 0 N–H and O–H groups in total. The van der Waals surface area contributed by atoms with Crippen LogP contribution in [-0.2, 0) is 17.6 Å². The summed E-state index contributed by atoms with van der Waals surface area (Å²) in [6.07, 6.45) is 7.63. The fourth-order valence-corrected chi connectivity index (χ4v) is 5.04. The molecule has 0 fully saturated rings. The number of carbonyl (C=O) groups excluding carboxylic acids is 1. The zero-order valence-corrected chi connectivity index (χ0v) is 17.4. The first kappa shape index (κ1) is 18.9. The van der Waals surface area contributed by atoms with E-state index in [1.54, 1.807) is 19.2 Å². The van der Waals surface area contributed by atoms with Gasteiger partial charge in [0, 0.05) is 11.5 Å². The predicted octanol–water partition coefficient (Wildman–Crippen LogP) is 4.00. The number of benzene rings is 2. The van der Waals surface area contributed by atoms with E-state index in [4.69, 9.17) is 14.6 Å². The van der Waals surface area contributed by atoms with Crippen molar-refractivity contribution >= 4 is 11.6 Å². The lowest BCUT2D eigenvalue weighted by molar-refractivity contribution is -0.140. The van der Waals surface area contributed by atoms with Crippen LogP contribution >= 0.6 is 0 Å².